The number of benzene rings is 4. The molecule has 0 aliphatic rings. The minimum Gasteiger partial charge on any atom is -0.761 e. The Hall–Kier alpha value is -1.01. The summed E-state index contributed by atoms with van der Waals surface area (Å²) < 4.78 is 46.0. The second-order valence-corrected chi connectivity index (χ2v) is 14.6. The minimum absolute atomic E-state index is 0. The third-order valence-electron chi connectivity index (χ3n) is 7.13. The van der Waals surface area contributed by atoms with E-state index in [4.69, 9.17) is 18.5 Å². The average molecular weight is 803 g/mol. The van der Waals surface area contributed by atoms with Gasteiger partial charge in [-0.3, -0.25) is 28.1 Å². The number of hydrogen-bond donors (Lipinski definition) is 0. The van der Waals surface area contributed by atoms with Crippen LogP contribution < -0.4 is 122 Å². The smallest absolute Gasteiger partial charge is 0.761 e. The minimum atomic E-state index is -4.31. The summed E-state index contributed by atoms with van der Waals surface area (Å²) in [6, 6.07) is 34.1. The molecule has 2 unspecified atom stereocenters. The number of carbonyl (C=O) groups is 2. The van der Waals surface area contributed by atoms with Gasteiger partial charge in [-0.2, -0.15) is 0 Å². The summed E-state index contributed by atoms with van der Waals surface area (Å²) in [5, 5.41) is 0. The van der Waals surface area contributed by atoms with Crippen LogP contribution in [0.3, 0.4) is 0 Å². The molecule has 4 aromatic carbocycles. The van der Waals surface area contributed by atoms with Gasteiger partial charge in [0.25, 0.3) is 0 Å². The van der Waals surface area contributed by atoms with Crippen molar-refractivity contribution in [2.45, 2.75) is 39.5 Å². The summed E-state index contributed by atoms with van der Waals surface area (Å²) in [6.07, 6.45) is 2.28. The Morgan fingerprint density at radius 3 is 1.21 bits per heavy atom. The van der Waals surface area contributed by atoms with Crippen molar-refractivity contribution in [1.29, 1.82) is 0 Å². The SMILES string of the molecule is CC(=O)N(C)P(=O)([O-])OCCCc1cccc(Oc2ccccc2)c1.CC(=O)N(C)P(=O)([O-])OCCCc1cccc(Oc2ccccc2)c1.[K+].[K+]. The molecular formula is C36H42K2N2O10P2. The number of nitrogens with zero attached hydrogens (tertiary/aromatic N) is 2. The van der Waals surface area contributed by atoms with E-state index in [1.165, 1.54) is 27.9 Å². The van der Waals surface area contributed by atoms with E-state index in [-0.39, 0.29) is 116 Å². The molecule has 0 aromatic heterocycles. The molecule has 4 aromatic rings. The van der Waals surface area contributed by atoms with Gasteiger partial charge in [-0.05, 0) is 85.3 Å². The molecule has 0 spiro atoms. The fraction of sp³-hybridized carbons (Fsp3) is 0.278. The summed E-state index contributed by atoms with van der Waals surface area (Å²) in [7, 11) is -6.25. The molecule has 0 N–H and O–H groups in total. The van der Waals surface area contributed by atoms with Crippen LogP contribution in [0.2, 0.25) is 0 Å². The zero-order valence-corrected chi connectivity index (χ0v) is 38.5. The van der Waals surface area contributed by atoms with Crippen LogP contribution in [0, 0.1) is 0 Å². The molecule has 0 aliphatic heterocycles. The van der Waals surface area contributed by atoms with Crippen LogP contribution in [0.15, 0.2) is 109 Å². The van der Waals surface area contributed by atoms with Crippen LogP contribution in [0.25, 0.3) is 0 Å². The topological polar surface area (TPSA) is 158 Å². The van der Waals surface area contributed by atoms with Gasteiger partial charge in [0.15, 0.2) is 0 Å². The molecular weight excluding hydrogens is 761 g/mol. The van der Waals surface area contributed by atoms with Crippen molar-refractivity contribution < 1.29 is 150 Å². The first kappa shape index (κ1) is 49.0. The average Bonchev–Trinajstić information content (AvgIpc) is 3.09. The molecule has 0 bridgehead atoms. The molecule has 2 amide bonds. The maximum absolute atomic E-state index is 11.7. The molecule has 0 heterocycles. The van der Waals surface area contributed by atoms with E-state index < -0.39 is 27.3 Å². The van der Waals surface area contributed by atoms with E-state index in [1.807, 2.05) is 109 Å². The first-order valence-corrected chi connectivity index (χ1v) is 18.8. The number of amides is 2. The Morgan fingerprint density at radius 1 is 0.558 bits per heavy atom. The fourth-order valence-corrected chi connectivity index (χ4v) is 5.96. The maximum Gasteiger partial charge on any atom is 1.00 e. The van der Waals surface area contributed by atoms with Gasteiger partial charge in [0.2, 0.25) is 27.3 Å². The number of aryl methyl sites for hydroxylation is 2. The zero-order chi connectivity index (χ0) is 36.6. The number of para-hydroxylation sites is 2. The number of hydrogen-bond acceptors (Lipinski definition) is 10. The van der Waals surface area contributed by atoms with E-state index in [0.717, 1.165) is 34.1 Å². The van der Waals surface area contributed by atoms with Crippen LogP contribution >= 0.6 is 15.5 Å². The van der Waals surface area contributed by atoms with Crippen LogP contribution in [0.4, 0.5) is 0 Å². The van der Waals surface area contributed by atoms with Gasteiger partial charge in [-0.1, -0.05) is 60.7 Å². The third-order valence-corrected chi connectivity index (χ3v) is 10.2. The van der Waals surface area contributed by atoms with Gasteiger partial charge in [0.1, 0.15) is 23.0 Å². The summed E-state index contributed by atoms with van der Waals surface area (Å²) in [5.74, 6) is 1.78. The second kappa shape index (κ2) is 25.2. The van der Waals surface area contributed by atoms with Gasteiger partial charge in [0, 0.05) is 27.9 Å². The van der Waals surface area contributed by atoms with Gasteiger partial charge in [-0.25, -0.2) is 0 Å². The Bertz CT molecular complexity index is 1640. The van der Waals surface area contributed by atoms with Crippen molar-refractivity contribution in [3.05, 3.63) is 120 Å². The molecule has 4 rings (SSSR count). The molecule has 12 nitrogen and oxygen atoms in total. The van der Waals surface area contributed by atoms with E-state index in [1.54, 1.807) is 0 Å². The van der Waals surface area contributed by atoms with Crippen molar-refractivity contribution in [1.82, 2.24) is 9.34 Å². The Balaban J connectivity index is 0.000000501. The molecule has 268 valence electrons. The monoisotopic (exact) mass is 802 g/mol. The molecule has 0 aliphatic carbocycles. The number of ether oxygens (including phenoxy) is 2. The van der Waals surface area contributed by atoms with Gasteiger partial charge >= 0.3 is 103 Å². The summed E-state index contributed by atoms with van der Waals surface area (Å²) >= 11 is 0. The molecule has 0 saturated carbocycles. The third kappa shape index (κ3) is 18.1. The van der Waals surface area contributed by atoms with Crippen molar-refractivity contribution in [2.75, 3.05) is 27.3 Å². The molecule has 0 fully saturated rings. The molecule has 0 saturated heterocycles. The molecule has 52 heavy (non-hydrogen) atoms. The van der Waals surface area contributed by atoms with Gasteiger partial charge in [-0.15, -0.1) is 0 Å². The first-order chi connectivity index (χ1) is 23.8. The molecule has 16 heteroatoms. The van der Waals surface area contributed by atoms with Crippen LogP contribution in [-0.2, 0) is 40.6 Å². The van der Waals surface area contributed by atoms with Crippen LogP contribution in [0.1, 0.15) is 37.8 Å². The number of carbonyl (C=O) groups excluding carboxylic acids is 2. The van der Waals surface area contributed by atoms with E-state index in [2.05, 4.69) is 0 Å². The van der Waals surface area contributed by atoms with Crippen LogP contribution in [-0.4, -0.2) is 48.5 Å². The largest absolute Gasteiger partial charge is 1.00 e. The first-order valence-electron chi connectivity index (χ1n) is 15.8. The fourth-order valence-electron chi connectivity index (χ4n) is 4.21. The van der Waals surface area contributed by atoms with Crippen molar-refractivity contribution in [2.24, 2.45) is 0 Å². The standard InChI is InChI=1S/2C18H22NO5P.2K/c2*1-15(20)19(2)25(21,22)23-13-7-9-16-8-6-12-18(14-16)24-17-10-4-3-5-11-17;;/h2*3-6,8,10-12,14H,7,9,13H2,1-2H3,(H,21,22);;/q;;2*+1/p-2. The Labute approximate surface area is 391 Å². The van der Waals surface area contributed by atoms with Gasteiger partial charge < -0.3 is 28.3 Å². The normalized spacial score (nSPS) is 12.6. The predicted octanol–water partition coefficient (Wildman–Crippen LogP) is 0.758. The maximum atomic E-state index is 11.7. The van der Waals surface area contributed by atoms with Crippen molar-refractivity contribution in [3.8, 4) is 23.0 Å². The zero-order valence-electron chi connectivity index (χ0n) is 30.5. The molecule has 2 atom stereocenters. The number of rotatable bonds is 16. The quantitative estimate of drug-likeness (QED) is 0.0901. The summed E-state index contributed by atoms with van der Waals surface area (Å²) in [6.45, 7) is 2.38. The van der Waals surface area contributed by atoms with E-state index >= 15 is 0 Å². The van der Waals surface area contributed by atoms with E-state index in [0.29, 0.717) is 35.0 Å². The molecule has 0 radical (unpaired) electrons. The summed E-state index contributed by atoms with van der Waals surface area (Å²) in [5.41, 5.74) is 2.02. The van der Waals surface area contributed by atoms with Crippen molar-refractivity contribution >= 4 is 27.3 Å². The Kier molecular flexibility index (Phi) is 23.8. The summed E-state index contributed by atoms with van der Waals surface area (Å²) in [4.78, 5) is 45.6. The van der Waals surface area contributed by atoms with Crippen LogP contribution in [0.5, 0.6) is 23.0 Å². The second-order valence-electron chi connectivity index (χ2n) is 11.0. The van der Waals surface area contributed by atoms with Gasteiger partial charge in [0.05, 0.1) is 13.2 Å². The Morgan fingerprint density at radius 2 is 0.885 bits per heavy atom. The predicted molar refractivity (Wildman–Crippen MR) is 187 cm³/mol. The van der Waals surface area contributed by atoms with Crippen molar-refractivity contribution in [3.63, 3.8) is 0 Å². The van der Waals surface area contributed by atoms with E-state index in [9.17, 15) is 28.5 Å².